The van der Waals surface area contributed by atoms with Gasteiger partial charge in [-0.15, -0.1) is 16.3 Å². The maximum Gasteiger partial charge on any atom is 0.323 e. The zero-order valence-electron chi connectivity index (χ0n) is 16.9. The van der Waals surface area contributed by atoms with Crippen LogP contribution in [0.2, 0.25) is 0 Å². The zero-order valence-corrected chi connectivity index (χ0v) is 17.7. The number of rotatable bonds is 6. The van der Waals surface area contributed by atoms with E-state index >= 15 is 0 Å². The molecule has 2 heterocycles. The molecule has 0 fully saturated rings. The van der Waals surface area contributed by atoms with Gasteiger partial charge in [0.1, 0.15) is 11.5 Å². The quantitative estimate of drug-likeness (QED) is 0.431. The fourth-order valence-corrected chi connectivity index (χ4v) is 3.85. The summed E-state index contributed by atoms with van der Waals surface area (Å²) in [5.74, 6) is 1.80. The van der Waals surface area contributed by atoms with Crippen LogP contribution in [0.5, 0.6) is 5.75 Å². The molecule has 0 aliphatic rings. The standard InChI is InChI=1S/C22H20N4O4S/c1-14-11-20-23-16(12-21(27)26(20)30-14)13-31-19-6-4-3-5-18(19)25-22(28)24-15-7-9-17(29-2)10-8-15/h3-12H,13H2,1-2H3,(H2,24,25,28). The van der Waals surface area contributed by atoms with Gasteiger partial charge in [-0.05, 0) is 43.3 Å². The molecule has 0 bridgehead atoms. The van der Waals surface area contributed by atoms with Gasteiger partial charge in [-0.3, -0.25) is 4.79 Å². The highest BCUT2D eigenvalue weighted by atomic mass is 32.2. The predicted molar refractivity (Wildman–Crippen MR) is 120 cm³/mol. The number of methoxy groups -OCH3 is 1. The van der Waals surface area contributed by atoms with E-state index in [1.165, 1.54) is 22.4 Å². The lowest BCUT2D eigenvalue weighted by atomic mass is 10.3. The minimum absolute atomic E-state index is 0.265. The number of hydrogen-bond donors (Lipinski definition) is 2. The fraction of sp³-hybridized carbons (Fsp3) is 0.136. The Labute approximate surface area is 182 Å². The number of nitrogens with zero attached hydrogens (tertiary/aromatic N) is 2. The summed E-state index contributed by atoms with van der Waals surface area (Å²) in [7, 11) is 1.59. The second-order valence-electron chi connectivity index (χ2n) is 6.68. The van der Waals surface area contributed by atoms with E-state index < -0.39 is 0 Å². The number of nitrogens with one attached hydrogen (secondary N) is 2. The summed E-state index contributed by atoms with van der Waals surface area (Å²) in [6.45, 7) is 1.77. The number of carbonyl (C=O) groups excluding carboxylic acids is 1. The van der Waals surface area contributed by atoms with E-state index in [-0.39, 0.29) is 11.6 Å². The average Bonchev–Trinajstić information content (AvgIpc) is 3.14. The highest BCUT2D eigenvalue weighted by molar-refractivity contribution is 7.98. The number of urea groups is 1. The lowest BCUT2D eigenvalue weighted by Gasteiger charge is -2.12. The number of para-hydroxylation sites is 1. The molecule has 0 saturated carbocycles. The van der Waals surface area contributed by atoms with Gasteiger partial charge in [-0.2, -0.15) is 0 Å². The molecule has 2 N–H and O–H groups in total. The van der Waals surface area contributed by atoms with Crippen molar-refractivity contribution in [1.29, 1.82) is 0 Å². The molecule has 31 heavy (non-hydrogen) atoms. The van der Waals surface area contributed by atoms with Gasteiger partial charge in [0.05, 0.1) is 18.5 Å². The number of benzene rings is 2. The first-order chi connectivity index (χ1) is 15.0. The molecule has 0 unspecified atom stereocenters. The molecule has 4 rings (SSSR count). The van der Waals surface area contributed by atoms with Crippen molar-refractivity contribution in [2.45, 2.75) is 17.6 Å². The summed E-state index contributed by atoms with van der Waals surface area (Å²) in [6.07, 6.45) is 0. The van der Waals surface area contributed by atoms with Crippen molar-refractivity contribution in [2.75, 3.05) is 17.7 Å². The molecule has 2 aromatic heterocycles. The highest BCUT2D eigenvalue weighted by Crippen LogP contribution is 2.29. The molecular weight excluding hydrogens is 416 g/mol. The van der Waals surface area contributed by atoms with Gasteiger partial charge in [0.25, 0.3) is 5.56 Å². The van der Waals surface area contributed by atoms with Crippen molar-refractivity contribution >= 4 is 34.8 Å². The minimum atomic E-state index is -0.357. The monoisotopic (exact) mass is 436 g/mol. The van der Waals surface area contributed by atoms with Crippen LogP contribution in [0.4, 0.5) is 16.2 Å². The number of anilines is 2. The van der Waals surface area contributed by atoms with Crippen molar-refractivity contribution in [3.05, 3.63) is 82.5 Å². The maximum atomic E-state index is 12.4. The van der Waals surface area contributed by atoms with Crippen LogP contribution in [0.3, 0.4) is 0 Å². The van der Waals surface area contributed by atoms with E-state index in [0.717, 1.165) is 4.90 Å². The van der Waals surface area contributed by atoms with Crippen LogP contribution < -0.4 is 20.9 Å². The summed E-state index contributed by atoms with van der Waals surface area (Å²) in [5, 5.41) is 5.66. The maximum absolute atomic E-state index is 12.4. The Morgan fingerprint density at radius 1 is 1.13 bits per heavy atom. The highest BCUT2D eigenvalue weighted by Gasteiger charge is 2.10. The largest absolute Gasteiger partial charge is 0.497 e. The Bertz CT molecular complexity index is 1280. The van der Waals surface area contributed by atoms with Gasteiger partial charge < -0.3 is 19.9 Å². The van der Waals surface area contributed by atoms with Crippen LogP contribution in [-0.2, 0) is 5.75 Å². The lowest BCUT2D eigenvalue weighted by molar-refractivity contribution is 0.262. The number of amides is 2. The molecule has 0 radical (unpaired) electrons. The number of ether oxygens (including phenoxy) is 1. The van der Waals surface area contributed by atoms with Crippen LogP contribution in [0.25, 0.3) is 5.65 Å². The van der Waals surface area contributed by atoms with E-state index in [2.05, 4.69) is 15.6 Å². The smallest absolute Gasteiger partial charge is 0.323 e. The van der Waals surface area contributed by atoms with E-state index in [9.17, 15) is 9.59 Å². The molecule has 0 atom stereocenters. The topological polar surface area (TPSA) is 97.9 Å². The predicted octanol–water partition coefficient (Wildman–Crippen LogP) is 4.54. The van der Waals surface area contributed by atoms with Crippen molar-refractivity contribution in [3.63, 3.8) is 0 Å². The Morgan fingerprint density at radius 2 is 1.90 bits per heavy atom. The SMILES string of the molecule is COc1ccc(NC(=O)Nc2ccccc2SCc2cc(=O)n3oc(C)cc3n2)cc1. The Kier molecular flexibility index (Phi) is 5.94. The van der Waals surface area contributed by atoms with Crippen molar-refractivity contribution < 1.29 is 14.1 Å². The van der Waals surface area contributed by atoms with Gasteiger partial charge in [-0.1, -0.05) is 12.1 Å². The lowest BCUT2D eigenvalue weighted by Crippen LogP contribution is -2.19. The number of thioether (sulfide) groups is 1. The molecule has 9 heteroatoms. The van der Waals surface area contributed by atoms with Crippen molar-refractivity contribution in [1.82, 2.24) is 9.56 Å². The first-order valence-electron chi connectivity index (χ1n) is 9.45. The summed E-state index contributed by atoms with van der Waals surface area (Å²) in [6, 6.07) is 17.3. The molecule has 2 amide bonds. The molecule has 0 aliphatic heterocycles. The molecule has 4 aromatic rings. The molecule has 0 spiro atoms. The van der Waals surface area contributed by atoms with Crippen molar-refractivity contribution in [2.24, 2.45) is 0 Å². The number of carbonyl (C=O) groups is 1. The summed E-state index contributed by atoms with van der Waals surface area (Å²) in [4.78, 5) is 30.0. The third-order valence-electron chi connectivity index (χ3n) is 4.38. The molecular formula is C22H20N4O4S. The Hall–Kier alpha value is -3.72. The average molecular weight is 436 g/mol. The third kappa shape index (κ3) is 4.89. The van der Waals surface area contributed by atoms with E-state index in [0.29, 0.717) is 40.0 Å². The number of aromatic nitrogens is 2. The molecule has 2 aromatic carbocycles. The van der Waals surface area contributed by atoms with Crippen LogP contribution in [0.15, 0.2) is 74.9 Å². The van der Waals surface area contributed by atoms with Crippen LogP contribution in [0, 0.1) is 6.92 Å². The Balaban J connectivity index is 1.44. The number of hydrogen-bond acceptors (Lipinski definition) is 6. The van der Waals surface area contributed by atoms with Gasteiger partial charge in [0, 0.05) is 28.5 Å². The molecule has 158 valence electrons. The summed E-state index contributed by atoms with van der Waals surface area (Å²) in [5.41, 5.74) is 2.16. The second-order valence-corrected chi connectivity index (χ2v) is 7.69. The summed E-state index contributed by atoms with van der Waals surface area (Å²) < 4.78 is 11.6. The third-order valence-corrected chi connectivity index (χ3v) is 5.49. The number of fused-ring (bicyclic) bond motifs is 1. The Morgan fingerprint density at radius 3 is 2.68 bits per heavy atom. The van der Waals surface area contributed by atoms with E-state index in [1.54, 1.807) is 44.4 Å². The number of aryl methyl sites for hydroxylation is 1. The van der Waals surface area contributed by atoms with E-state index in [4.69, 9.17) is 9.26 Å². The van der Waals surface area contributed by atoms with Crippen molar-refractivity contribution in [3.8, 4) is 5.75 Å². The first kappa shape index (κ1) is 20.5. The van der Waals surface area contributed by atoms with Gasteiger partial charge in [-0.25, -0.2) is 9.78 Å². The minimum Gasteiger partial charge on any atom is -0.497 e. The van der Waals surface area contributed by atoms with Gasteiger partial charge >= 0.3 is 6.03 Å². The second kappa shape index (κ2) is 8.97. The fourth-order valence-electron chi connectivity index (χ4n) is 2.95. The molecule has 0 aliphatic carbocycles. The molecule has 0 saturated heterocycles. The van der Waals surface area contributed by atoms with Crippen LogP contribution >= 0.6 is 11.8 Å². The van der Waals surface area contributed by atoms with Gasteiger partial charge in [0.15, 0.2) is 5.65 Å². The van der Waals surface area contributed by atoms with E-state index in [1.807, 2.05) is 24.3 Å². The van der Waals surface area contributed by atoms with Crippen LogP contribution in [-0.4, -0.2) is 22.7 Å². The van der Waals surface area contributed by atoms with Crippen LogP contribution in [0.1, 0.15) is 11.5 Å². The first-order valence-corrected chi connectivity index (χ1v) is 10.4. The normalized spacial score (nSPS) is 10.8. The van der Waals surface area contributed by atoms with Gasteiger partial charge in [0.2, 0.25) is 0 Å². The summed E-state index contributed by atoms with van der Waals surface area (Å²) >= 11 is 1.48. The molecule has 8 nitrogen and oxygen atoms in total. The zero-order chi connectivity index (χ0) is 21.8.